The number of ether oxygens (including phenoxy) is 1. The van der Waals surface area contributed by atoms with Crippen molar-refractivity contribution in [2.75, 3.05) is 23.7 Å². The SMILES string of the molecule is CC(=NSC#N)Nc1ccccc1NC1CCN(C(=O)OC(C)(C)C)CC1. The van der Waals surface area contributed by atoms with Crippen LogP contribution in [-0.4, -0.2) is 41.6 Å². The summed E-state index contributed by atoms with van der Waals surface area (Å²) < 4.78 is 9.50. The molecule has 1 aliphatic heterocycles. The second-order valence-electron chi connectivity index (χ2n) is 7.42. The summed E-state index contributed by atoms with van der Waals surface area (Å²) in [7, 11) is 0. The molecule has 0 spiro atoms. The molecular formula is C19H27N5O2S. The van der Waals surface area contributed by atoms with Crippen molar-refractivity contribution in [3.63, 3.8) is 0 Å². The van der Waals surface area contributed by atoms with Crippen molar-refractivity contribution in [3.8, 4) is 5.40 Å². The van der Waals surface area contributed by atoms with E-state index in [2.05, 4.69) is 15.0 Å². The first-order valence-corrected chi connectivity index (χ1v) is 9.76. The van der Waals surface area contributed by atoms with Crippen LogP contribution in [0.2, 0.25) is 0 Å². The number of nitriles is 1. The third-order valence-corrected chi connectivity index (χ3v) is 4.42. The van der Waals surface area contributed by atoms with Crippen LogP contribution < -0.4 is 10.6 Å². The lowest BCUT2D eigenvalue weighted by molar-refractivity contribution is 0.0210. The van der Waals surface area contributed by atoms with Crippen molar-refractivity contribution in [2.45, 2.75) is 52.2 Å². The van der Waals surface area contributed by atoms with Crippen LogP contribution in [0.15, 0.2) is 28.7 Å². The van der Waals surface area contributed by atoms with Crippen LogP contribution in [0.4, 0.5) is 16.2 Å². The molecule has 146 valence electrons. The number of hydrogen-bond acceptors (Lipinski definition) is 6. The minimum atomic E-state index is -0.472. The molecule has 0 aliphatic carbocycles. The second-order valence-corrected chi connectivity index (χ2v) is 7.96. The van der Waals surface area contributed by atoms with Gasteiger partial charge in [0.2, 0.25) is 0 Å². The smallest absolute Gasteiger partial charge is 0.410 e. The number of para-hydroxylation sites is 2. The zero-order chi connectivity index (χ0) is 19.9. The highest BCUT2D eigenvalue weighted by Crippen LogP contribution is 2.25. The highest BCUT2D eigenvalue weighted by molar-refractivity contribution is 8.02. The Labute approximate surface area is 165 Å². The van der Waals surface area contributed by atoms with E-state index in [1.54, 1.807) is 4.90 Å². The fraction of sp³-hybridized carbons (Fsp3) is 0.526. The number of piperidine rings is 1. The van der Waals surface area contributed by atoms with E-state index in [1.165, 1.54) is 0 Å². The molecule has 1 aromatic rings. The number of benzene rings is 1. The Bertz CT molecular complexity index is 716. The van der Waals surface area contributed by atoms with Gasteiger partial charge in [0.25, 0.3) is 0 Å². The van der Waals surface area contributed by atoms with Crippen molar-refractivity contribution < 1.29 is 9.53 Å². The first-order valence-electron chi connectivity index (χ1n) is 8.98. The van der Waals surface area contributed by atoms with Gasteiger partial charge in [0.05, 0.1) is 23.3 Å². The Morgan fingerprint density at radius 2 is 1.93 bits per heavy atom. The molecule has 1 fully saturated rings. The van der Waals surface area contributed by atoms with Gasteiger partial charge in [-0.1, -0.05) is 12.1 Å². The summed E-state index contributed by atoms with van der Waals surface area (Å²) in [5, 5.41) is 17.3. The van der Waals surface area contributed by atoms with Crippen LogP contribution in [0.3, 0.4) is 0 Å². The summed E-state index contributed by atoms with van der Waals surface area (Å²) in [6.45, 7) is 8.79. The van der Waals surface area contributed by atoms with Gasteiger partial charge in [-0.25, -0.2) is 4.79 Å². The molecule has 8 heteroatoms. The Hall–Kier alpha value is -2.40. The van der Waals surface area contributed by atoms with Gasteiger partial charge in [0.1, 0.15) is 11.4 Å². The molecule has 0 saturated carbocycles. The summed E-state index contributed by atoms with van der Waals surface area (Å²) in [6, 6.07) is 8.17. The second kappa shape index (κ2) is 9.51. The average molecular weight is 390 g/mol. The molecule has 7 nitrogen and oxygen atoms in total. The predicted octanol–water partition coefficient (Wildman–Crippen LogP) is 4.46. The van der Waals surface area contributed by atoms with Gasteiger partial charge in [-0.05, 0) is 52.7 Å². The van der Waals surface area contributed by atoms with E-state index in [0.717, 1.165) is 36.2 Å². The summed E-state index contributed by atoms with van der Waals surface area (Å²) >= 11 is 0.845. The number of hydrogen-bond donors (Lipinski definition) is 2. The van der Waals surface area contributed by atoms with Crippen molar-refractivity contribution in [1.29, 1.82) is 5.26 Å². The number of nitrogens with zero attached hydrogens (tertiary/aromatic N) is 3. The monoisotopic (exact) mass is 389 g/mol. The number of thiocyanates is 1. The molecule has 1 amide bonds. The van der Waals surface area contributed by atoms with Crippen molar-refractivity contribution in [1.82, 2.24) is 4.90 Å². The van der Waals surface area contributed by atoms with Gasteiger partial charge in [-0.15, -0.1) is 0 Å². The standard InChI is InChI=1S/C19H27N5O2S/c1-14(23-27-13-20)21-16-7-5-6-8-17(16)22-15-9-11-24(12-10-15)18(25)26-19(2,3)4/h5-8,15,22H,9-12H2,1-4H3,(H,21,23). The Balaban J connectivity index is 1.92. The summed E-state index contributed by atoms with van der Waals surface area (Å²) in [5.74, 6) is 0.663. The van der Waals surface area contributed by atoms with E-state index in [1.807, 2.05) is 57.4 Å². The fourth-order valence-electron chi connectivity index (χ4n) is 2.78. The number of anilines is 2. The molecule has 1 aliphatic rings. The number of nitrogens with one attached hydrogen (secondary N) is 2. The van der Waals surface area contributed by atoms with Gasteiger partial charge in [-0.2, -0.15) is 9.66 Å². The number of amidine groups is 1. The van der Waals surface area contributed by atoms with Gasteiger partial charge >= 0.3 is 6.09 Å². The van der Waals surface area contributed by atoms with Crippen molar-refractivity contribution in [2.24, 2.45) is 4.40 Å². The average Bonchev–Trinajstić information content (AvgIpc) is 2.61. The molecule has 1 aromatic carbocycles. The summed E-state index contributed by atoms with van der Waals surface area (Å²) in [5.41, 5.74) is 1.41. The highest BCUT2D eigenvalue weighted by atomic mass is 32.2. The van der Waals surface area contributed by atoms with E-state index in [-0.39, 0.29) is 12.1 Å². The van der Waals surface area contributed by atoms with Crippen LogP contribution in [0, 0.1) is 10.7 Å². The minimum absolute atomic E-state index is 0.246. The molecule has 0 bridgehead atoms. The van der Waals surface area contributed by atoms with Crippen LogP contribution >= 0.6 is 11.9 Å². The lowest BCUT2D eigenvalue weighted by Crippen LogP contribution is -2.44. The van der Waals surface area contributed by atoms with Crippen LogP contribution in [-0.2, 0) is 4.74 Å². The first kappa shape index (κ1) is 20.9. The van der Waals surface area contributed by atoms with Gasteiger partial charge in [0, 0.05) is 19.1 Å². The van der Waals surface area contributed by atoms with E-state index in [9.17, 15) is 4.79 Å². The third kappa shape index (κ3) is 7.02. The zero-order valence-corrected chi connectivity index (χ0v) is 17.1. The molecule has 2 N–H and O–H groups in total. The minimum Gasteiger partial charge on any atom is -0.444 e. The zero-order valence-electron chi connectivity index (χ0n) is 16.3. The van der Waals surface area contributed by atoms with Gasteiger partial charge in [0.15, 0.2) is 5.40 Å². The third-order valence-electron chi connectivity index (χ3n) is 3.97. The van der Waals surface area contributed by atoms with E-state index in [4.69, 9.17) is 10.00 Å². The van der Waals surface area contributed by atoms with E-state index < -0.39 is 5.60 Å². The highest BCUT2D eigenvalue weighted by Gasteiger charge is 2.27. The van der Waals surface area contributed by atoms with Crippen LogP contribution in [0.1, 0.15) is 40.5 Å². The number of likely N-dealkylation sites (tertiary alicyclic amines) is 1. The molecule has 0 unspecified atom stereocenters. The molecule has 2 rings (SSSR count). The maximum atomic E-state index is 12.2. The number of carbonyl (C=O) groups excluding carboxylic acids is 1. The Kier molecular flexibility index (Phi) is 7.36. The Morgan fingerprint density at radius 3 is 2.52 bits per heavy atom. The molecule has 1 saturated heterocycles. The maximum absolute atomic E-state index is 12.2. The molecule has 0 aromatic heterocycles. The summed E-state index contributed by atoms with van der Waals surface area (Å²) in [6.07, 6.45) is 1.46. The Morgan fingerprint density at radius 1 is 1.30 bits per heavy atom. The van der Waals surface area contributed by atoms with Crippen LogP contribution in [0.5, 0.6) is 0 Å². The molecule has 0 atom stereocenters. The lowest BCUT2D eigenvalue weighted by atomic mass is 10.0. The molecular weight excluding hydrogens is 362 g/mol. The van der Waals surface area contributed by atoms with E-state index >= 15 is 0 Å². The molecule has 27 heavy (non-hydrogen) atoms. The number of carbonyl (C=O) groups is 1. The number of amides is 1. The quantitative estimate of drug-likeness (QED) is 0.342. The normalized spacial score (nSPS) is 15.8. The predicted molar refractivity (Wildman–Crippen MR) is 111 cm³/mol. The molecule has 0 radical (unpaired) electrons. The fourth-order valence-corrected chi connectivity index (χ4v) is 3.00. The van der Waals surface area contributed by atoms with Gasteiger partial charge < -0.3 is 20.3 Å². The maximum Gasteiger partial charge on any atom is 0.410 e. The summed E-state index contributed by atoms with van der Waals surface area (Å²) in [4.78, 5) is 13.9. The molecule has 1 heterocycles. The first-order chi connectivity index (χ1) is 12.8. The van der Waals surface area contributed by atoms with Crippen LogP contribution in [0.25, 0.3) is 0 Å². The van der Waals surface area contributed by atoms with E-state index in [0.29, 0.717) is 18.9 Å². The number of rotatable bonds is 4. The topological polar surface area (TPSA) is 89.8 Å². The van der Waals surface area contributed by atoms with Crippen molar-refractivity contribution >= 4 is 35.3 Å². The lowest BCUT2D eigenvalue weighted by Gasteiger charge is -2.34. The van der Waals surface area contributed by atoms with Crippen molar-refractivity contribution in [3.05, 3.63) is 24.3 Å². The largest absolute Gasteiger partial charge is 0.444 e. The van der Waals surface area contributed by atoms with Gasteiger partial charge in [-0.3, -0.25) is 0 Å².